The topological polar surface area (TPSA) is 48.7 Å². The van der Waals surface area contributed by atoms with Crippen molar-refractivity contribution >= 4 is 27.9 Å². The minimum absolute atomic E-state index is 0.336. The summed E-state index contributed by atoms with van der Waals surface area (Å²) in [6.45, 7) is 5.60. The van der Waals surface area contributed by atoms with Crippen LogP contribution in [0.2, 0.25) is 0 Å². The van der Waals surface area contributed by atoms with E-state index in [1.165, 1.54) is 0 Å². The molecule has 0 bridgehead atoms. The van der Waals surface area contributed by atoms with Crippen molar-refractivity contribution in [3.8, 4) is 5.75 Å². The molecule has 0 spiro atoms. The maximum Gasteiger partial charge on any atom is 0.333 e. The van der Waals surface area contributed by atoms with Crippen LogP contribution in [0.4, 0.5) is 0 Å². The van der Waals surface area contributed by atoms with Crippen LogP contribution in [0.3, 0.4) is 0 Å². The molecule has 0 radical (unpaired) electrons. The molecule has 0 fully saturated rings. The van der Waals surface area contributed by atoms with Crippen LogP contribution in [0.25, 0.3) is 21.9 Å². The molecule has 2 aromatic carbocycles. The first kappa shape index (κ1) is 16.1. The molecule has 24 heavy (non-hydrogen) atoms. The largest absolute Gasteiger partial charge is 0.497 e. The molecule has 0 aliphatic heterocycles. The molecule has 0 aliphatic rings. The lowest BCUT2D eigenvalue weighted by molar-refractivity contribution is -0.139. The first-order valence-corrected chi connectivity index (χ1v) is 7.90. The van der Waals surface area contributed by atoms with Crippen molar-refractivity contribution in [2.45, 2.75) is 19.8 Å². The minimum Gasteiger partial charge on any atom is -0.497 e. The van der Waals surface area contributed by atoms with E-state index in [1.807, 2.05) is 24.3 Å². The molecule has 0 amide bonds. The molecule has 124 valence electrons. The monoisotopic (exact) mass is 324 g/mol. The van der Waals surface area contributed by atoms with Gasteiger partial charge >= 0.3 is 5.97 Å². The number of carbonyl (C=O) groups is 1. The van der Waals surface area contributed by atoms with E-state index in [0.717, 1.165) is 46.1 Å². The highest BCUT2D eigenvalue weighted by atomic mass is 16.5. The molecule has 1 heterocycles. The normalized spacial score (nSPS) is 10.9. The Bertz CT molecular complexity index is 905. The highest BCUT2D eigenvalue weighted by Gasteiger charge is 2.09. The quantitative estimate of drug-likeness (QED) is 0.376. The summed E-state index contributed by atoms with van der Waals surface area (Å²) in [5.41, 5.74) is 3.25. The van der Waals surface area contributed by atoms with Gasteiger partial charge in [-0.25, -0.2) is 4.79 Å². The maximum absolute atomic E-state index is 11.3. The van der Waals surface area contributed by atoms with E-state index >= 15 is 0 Å². The third-order valence-electron chi connectivity index (χ3n) is 3.94. The van der Waals surface area contributed by atoms with E-state index in [4.69, 9.17) is 13.9 Å². The zero-order valence-corrected chi connectivity index (χ0v) is 13.9. The summed E-state index contributed by atoms with van der Waals surface area (Å²) in [5, 5.41) is 2.16. The van der Waals surface area contributed by atoms with Crippen molar-refractivity contribution in [1.82, 2.24) is 0 Å². The Hall–Kier alpha value is -2.75. The van der Waals surface area contributed by atoms with E-state index in [-0.39, 0.29) is 5.97 Å². The Morgan fingerprint density at radius 1 is 1.12 bits per heavy atom. The summed E-state index contributed by atoms with van der Waals surface area (Å²) >= 11 is 0. The Morgan fingerprint density at radius 2 is 1.83 bits per heavy atom. The van der Waals surface area contributed by atoms with Crippen LogP contribution < -0.4 is 4.74 Å². The van der Waals surface area contributed by atoms with Crippen LogP contribution in [0.1, 0.15) is 18.9 Å². The fourth-order valence-electron chi connectivity index (χ4n) is 2.65. The van der Waals surface area contributed by atoms with Gasteiger partial charge in [0, 0.05) is 22.4 Å². The zero-order chi connectivity index (χ0) is 17.1. The Balaban J connectivity index is 1.73. The van der Waals surface area contributed by atoms with Gasteiger partial charge in [0.2, 0.25) is 0 Å². The fourth-order valence-corrected chi connectivity index (χ4v) is 2.65. The van der Waals surface area contributed by atoms with Crippen molar-refractivity contribution in [2.75, 3.05) is 13.7 Å². The second kappa shape index (κ2) is 6.79. The van der Waals surface area contributed by atoms with Gasteiger partial charge < -0.3 is 13.9 Å². The summed E-state index contributed by atoms with van der Waals surface area (Å²) in [6.07, 6.45) is 1.58. The molecule has 4 heteroatoms. The number of fused-ring (bicyclic) bond motifs is 3. The van der Waals surface area contributed by atoms with Crippen molar-refractivity contribution in [3.63, 3.8) is 0 Å². The van der Waals surface area contributed by atoms with Crippen LogP contribution in [-0.4, -0.2) is 19.7 Å². The van der Waals surface area contributed by atoms with E-state index in [0.29, 0.717) is 12.2 Å². The van der Waals surface area contributed by atoms with Crippen LogP contribution in [0.5, 0.6) is 5.75 Å². The van der Waals surface area contributed by atoms with E-state index in [2.05, 4.69) is 18.7 Å². The molecule has 0 atom stereocenters. The number of furan rings is 1. The Labute approximate surface area is 140 Å². The second-order valence-electron chi connectivity index (χ2n) is 5.81. The van der Waals surface area contributed by atoms with E-state index < -0.39 is 0 Å². The fraction of sp³-hybridized carbons (Fsp3) is 0.250. The van der Waals surface area contributed by atoms with Crippen molar-refractivity contribution in [1.29, 1.82) is 0 Å². The van der Waals surface area contributed by atoms with Crippen LogP contribution in [0, 0.1) is 0 Å². The third kappa shape index (κ3) is 3.27. The minimum atomic E-state index is -0.336. The van der Waals surface area contributed by atoms with Gasteiger partial charge in [-0.05, 0) is 43.5 Å². The average Bonchev–Trinajstić information content (AvgIpc) is 2.94. The first-order chi connectivity index (χ1) is 11.6. The summed E-state index contributed by atoms with van der Waals surface area (Å²) in [6, 6.07) is 12.0. The van der Waals surface area contributed by atoms with Gasteiger partial charge in [-0.3, -0.25) is 0 Å². The number of hydrogen-bond donors (Lipinski definition) is 0. The molecular formula is C20H20O4. The number of aryl methyl sites for hydroxylation is 1. The number of ether oxygens (including phenoxy) is 2. The highest BCUT2D eigenvalue weighted by Crippen LogP contribution is 2.31. The first-order valence-electron chi connectivity index (χ1n) is 7.90. The number of rotatable bonds is 6. The van der Waals surface area contributed by atoms with Crippen LogP contribution >= 0.6 is 0 Å². The van der Waals surface area contributed by atoms with E-state index in [1.54, 1.807) is 14.0 Å². The van der Waals surface area contributed by atoms with Gasteiger partial charge in [-0.15, -0.1) is 0 Å². The lowest BCUT2D eigenvalue weighted by Crippen LogP contribution is -2.06. The molecule has 0 N–H and O–H groups in total. The number of benzene rings is 2. The zero-order valence-electron chi connectivity index (χ0n) is 13.9. The second-order valence-corrected chi connectivity index (χ2v) is 5.81. The molecule has 0 aliphatic carbocycles. The predicted molar refractivity (Wildman–Crippen MR) is 94.4 cm³/mol. The van der Waals surface area contributed by atoms with Gasteiger partial charge in [0.15, 0.2) is 0 Å². The predicted octanol–water partition coefficient (Wildman–Crippen LogP) is 4.65. The van der Waals surface area contributed by atoms with Crippen molar-refractivity contribution in [2.24, 2.45) is 0 Å². The number of methoxy groups -OCH3 is 1. The van der Waals surface area contributed by atoms with Crippen LogP contribution in [0.15, 0.2) is 53.0 Å². The van der Waals surface area contributed by atoms with E-state index in [9.17, 15) is 4.79 Å². The lowest BCUT2D eigenvalue weighted by Gasteiger charge is -2.04. The summed E-state index contributed by atoms with van der Waals surface area (Å²) in [5.74, 6) is 0.442. The van der Waals surface area contributed by atoms with Gasteiger partial charge in [0.1, 0.15) is 16.9 Å². The Morgan fingerprint density at radius 3 is 2.54 bits per heavy atom. The number of carbonyl (C=O) groups excluding carboxylic acids is 1. The third-order valence-corrected chi connectivity index (χ3v) is 3.94. The molecule has 0 saturated carbocycles. The summed E-state index contributed by atoms with van der Waals surface area (Å²) in [7, 11) is 1.64. The highest BCUT2D eigenvalue weighted by molar-refractivity contribution is 6.05. The van der Waals surface area contributed by atoms with Gasteiger partial charge in [0.05, 0.1) is 13.7 Å². The van der Waals surface area contributed by atoms with Gasteiger partial charge in [-0.1, -0.05) is 18.7 Å². The number of esters is 1. The molecule has 0 unspecified atom stereocenters. The molecular weight excluding hydrogens is 304 g/mol. The SMILES string of the molecule is C=C(C)C(=O)OCCCc1ccc2c(c1)oc1cc(OC)ccc12. The van der Waals surface area contributed by atoms with Gasteiger partial charge in [0.25, 0.3) is 0 Å². The van der Waals surface area contributed by atoms with Crippen molar-refractivity contribution in [3.05, 3.63) is 54.1 Å². The molecule has 0 saturated heterocycles. The smallest absolute Gasteiger partial charge is 0.333 e. The standard InChI is InChI=1S/C20H20O4/c1-13(2)20(21)23-10-4-5-14-6-8-16-17-9-7-15(22-3)12-19(17)24-18(16)11-14/h6-9,11-12H,1,4-5,10H2,2-3H3. The molecule has 4 nitrogen and oxygen atoms in total. The molecule has 1 aromatic heterocycles. The van der Waals surface area contributed by atoms with Gasteiger partial charge in [-0.2, -0.15) is 0 Å². The molecule has 3 aromatic rings. The average molecular weight is 324 g/mol. The molecule has 3 rings (SSSR count). The number of hydrogen-bond acceptors (Lipinski definition) is 4. The Kier molecular flexibility index (Phi) is 4.56. The van der Waals surface area contributed by atoms with Crippen LogP contribution in [-0.2, 0) is 16.0 Å². The summed E-state index contributed by atoms with van der Waals surface area (Å²) in [4.78, 5) is 11.3. The summed E-state index contributed by atoms with van der Waals surface area (Å²) < 4.78 is 16.3. The maximum atomic E-state index is 11.3. The lowest BCUT2D eigenvalue weighted by atomic mass is 10.1. The van der Waals surface area contributed by atoms with Crippen molar-refractivity contribution < 1.29 is 18.7 Å².